The van der Waals surface area contributed by atoms with Gasteiger partial charge in [0, 0.05) is 25.9 Å². The monoisotopic (exact) mass is 680 g/mol. The zero-order chi connectivity index (χ0) is 33.4. The minimum absolute atomic E-state index is 0.107. The van der Waals surface area contributed by atoms with E-state index >= 15 is 0 Å². The van der Waals surface area contributed by atoms with E-state index in [9.17, 15) is 38.4 Å². The van der Waals surface area contributed by atoms with Crippen LogP contribution in [-0.2, 0) is 60.6 Å². The molecule has 0 radical (unpaired) electrons. The lowest BCUT2D eigenvalue weighted by molar-refractivity contribution is -0.161. The lowest BCUT2D eigenvalue weighted by Gasteiger charge is -2.21. The van der Waals surface area contributed by atoms with E-state index in [-0.39, 0.29) is 32.5 Å². The Balaban J connectivity index is 4.75. The van der Waals surface area contributed by atoms with Gasteiger partial charge in [-0.1, -0.05) is 40.0 Å². The average molecular weight is 681 g/mol. The third-order valence-corrected chi connectivity index (χ3v) is 7.31. The minimum Gasteiger partial charge on any atom is -0.463 e. The quantitative estimate of drug-likeness (QED) is 0.0465. The molecule has 0 aliphatic carbocycles. The summed E-state index contributed by atoms with van der Waals surface area (Å²) >= 11 is 0. The molecule has 0 spiro atoms. The van der Waals surface area contributed by atoms with Crippen LogP contribution in [0.4, 0.5) is 0 Å². The van der Waals surface area contributed by atoms with Gasteiger partial charge in [-0.3, -0.25) is 32.5 Å². The maximum atomic E-state index is 12.3. The molecule has 0 aromatic rings. The van der Waals surface area contributed by atoms with Gasteiger partial charge in [-0.2, -0.15) is 0 Å². The second-order valence-electron chi connectivity index (χ2n) is 9.64. The van der Waals surface area contributed by atoms with Crippen LogP contribution in [0.5, 0.6) is 0 Å². The Bertz CT molecular complexity index is 901. The van der Waals surface area contributed by atoms with Crippen LogP contribution < -0.4 is 0 Å². The molecule has 0 aliphatic heterocycles. The van der Waals surface area contributed by atoms with Crippen LogP contribution in [0.15, 0.2) is 0 Å². The van der Waals surface area contributed by atoms with Crippen molar-refractivity contribution in [1.82, 2.24) is 0 Å². The zero-order valence-corrected chi connectivity index (χ0v) is 27.9. The molecule has 0 saturated carbocycles. The number of rotatable bonds is 28. The Kier molecular flexibility index (Phi) is 23.9. The molecule has 5 atom stereocenters. The van der Waals surface area contributed by atoms with Crippen molar-refractivity contribution in [1.29, 1.82) is 0 Å². The van der Waals surface area contributed by atoms with Gasteiger partial charge in [-0.15, -0.1) is 0 Å². The van der Waals surface area contributed by atoms with Gasteiger partial charge in [0.05, 0.1) is 26.4 Å². The topological polar surface area (TPSA) is 220 Å². The van der Waals surface area contributed by atoms with Crippen molar-refractivity contribution in [3.63, 3.8) is 0 Å². The summed E-state index contributed by atoms with van der Waals surface area (Å²) in [5.41, 5.74) is 0. The fourth-order valence-electron chi connectivity index (χ4n) is 3.20. The van der Waals surface area contributed by atoms with Gasteiger partial charge in [-0.25, -0.2) is 9.13 Å². The third-order valence-electron chi connectivity index (χ3n) is 5.41. The highest BCUT2D eigenvalue weighted by atomic mass is 31.2. The summed E-state index contributed by atoms with van der Waals surface area (Å²) in [6, 6.07) is 0. The first kappa shape index (κ1) is 42.6. The van der Waals surface area contributed by atoms with E-state index in [0.717, 1.165) is 19.3 Å². The largest absolute Gasteiger partial charge is 0.472 e. The smallest absolute Gasteiger partial charge is 0.463 e. The van der Waals surface area contributed by atoms with E-state index in [0.29, 0.717) is 19.3 Å². The number of hydrogen-bond acceptors (Lipinski definition) is 14. The minimum atomic E-state index is -4.82. The summed E-state index contributed by atoms with van der Waals surface area (Å²) in [5.74, 6) is -1.60. The first-order valence-corrected chi connectivity index (χ1v) is 17.8. The normalized spacial score (nSPS) is 16.2. The number of carbonyl (C=O) groups is 3. The number of carbonyl (C=O) groups excluding carboxylic acids is 3. The number of ether oxygens (including phenoxy) is 4. The zero-order valence-electron chi connectivity index (χ0n) is 26.1. The summed E-state index contributed by atoms with van der Waals surface area (Å²) in [6.45, 7) is 4.05. The van der Waals surface area contributed by atoms with Crippen molar-refractivity contribution < 1.29 is 75.4 Å². The molecule has 0 aromatic carbocycles. The van der Waals surface area contributed by atoms with Crippen LogP contribution in [0.3, 0.4) is 0 Å². The lowest BCUT2D eigenvalue weighted by atomic mass is 10.1. The third kappa shape index (κ3) is 23.9. The molecular formula is C26H50O16P2. The lowest BCUT2D eigenvalue weighted by Crippen LogP contribution is -2.30. The summed E-state index contributed by atoms with van der Waals surface area (Å²) in [5, 5.41) is 10.0. The van der Waals surface area contributed by atoms with E-state index in [2.05, 4.69) is 0 Å². The van der Waals surface area contributed by atoms with E-state index in [1.165, 1.54) is 0 Å². The molecule has 0 bridgehead atoms. The standard InChI is InChI=1S/C26H50O16P2/c1-5-9-10-11-14-26(30)42-23(18-37-25(29)13-7-3)20-41-44(33,34)39-16-21(27)15-38-43(31,32)40-19-22(35-8-4)17-36-24(28)12-6-2/h21-23,27H,5-20H2,1-4H3,(H,31,32)(H,33,34)/t21-,22-,23-/m1/s1. The molecule has 44 heavy (non-hydrogen) atoms. The fraction of sp³-hybridized carbons (Fsp3) is 0.885. The Hall–Kier alpha value is -1.45. The van der Waals surface area contributed by atoms with Crippen molar-refractivity contribution in [2.75, 3.05) is 46.2 Å². The highest BCUT2D eigenvalue weighted by molar-refractivity contribution is 7.47. The fourth-order valence-corrected chi connectivity index (χ4v) is 4.78. The molecule has 0 aromatic heterocycles. The van der Waals surface area contributed by atoms with Crippen molar-refractivity contribution >= 4 is 33.6 Å². The number of phosphoric acid groups is 2. The number of aliphatic hydroxyl groups excluding tert-OH is 1. The molecule has 0 amide bonds. The molecule has 0 saturated heterocycles. The Morgan fingerprint density at radius 2 is 1.07 bits per heavy atom. The maximum absolute atomic E-state index is 12.3. The molecular weight excluding hydrogens is 630 g/mol. The molecule has 2 unspecified atom stereocenters. The van der Waals surface area contributed by atoms with Crippen LogP contribution in [0.25, 0.3) is 0 Å². The summed E-state index contributed by atoms with van der Waals surface area (Å²) < 4.78 is 64.2. The molecule has 260 valence electrons. The number of phosphoric ester groups is 2. The van der Waals surface area contributed by atoms with Gasteiger partial charge in [0.1, 0.15) is 25.4 Å². The van der Waals surface area contributed by atoms with Gasteiger partial charge in [0.25, 0.3) is 0 Å². The maximum Gasteiger partial charge on any atom is 0.472 e. The van der Waals surface area contributed by atoms with Crippen LogP contribution in [-0.4, -0.2) is 97.4 Å². The van der Waals surface area contributed by atoms with Gasteiger partial charge in [0.15, 0.2) is 6.10 Å². The number of hydrogen-bond donors (Lipinski definition) is 3. The van der Waals surface area contributed by atoms with Crippen molar-refractivity contribution in [2.45, 2.75) is 104 Å². The van der Waals surface area contributed by atoms with Crippen LogP contribution in [0.2, 0.25) is 0 Å². The summed E-state index contributed by atoms with van der Waals surface area (Å²) in [7, 11) is -9.53. The second kappa shape index (κ2) is 24.7. The Morgan fingerprint density at radius 1 is 0.591 bits per heavy atom. The molecule has 0 aliphatic rings. The molecule has 16 nitrogen and oxygen atoms in total. The molecule has 18 heteroatoms. The summed E-state index contributed by atoms with van der Waals surface area (Å²) in [4.78, 5) is 55.3. The highest BCUT2D eigenvalue weighted by Crippen LogP contribution is 2.45. The van der Waals surface area contributed by atoms with Gasteiger partial charge < -0.3 is 33.8 Å². The first-order chi connectivity index (χ1) is 20.8. The molecule has 0 heterocycles. The van der Waals surface area contributed by atoms with E-state index in [1.54, 1.807) is 20.8 Å². The second-order valence-corrected chi connectivity index (χ2v) is 12.5. The molecule has 0 rings (SSSR count). The Morgan fingerprint density at radius 3 is 1.55 bits per heavy atom. The number of esters is 3. The number of aliphatic hydroxyl groups is 1. The average Bonchev–Trinajstić information content (AvgIpc) is 2.96. The molecule has 0 fully saturated rings. The predicted octanol–water partition coefficient (Wildman–Crippen LogP) is 3.59. The Labute approximate surface area is 259 Å². The predicted molar refractivity (Wildman–Crippen MR) is 155 cm³/mol. The van der Waals surface area contributed by atoms with Gasteiger partial charge in [-0.05, 0) is 26.2 Å². The van der Waals surface area contributed by atoms with Crippen molar-refractivity contribution in [3.05, 3.63) is 0 Å². The van der Waals surface area contributed by atoms with E-state index in [4.69, 9.17) is 37.0 Å². The van der Waals surface area contributed by atoms with E-state index < -0.39 is 84.9 Å². The highest BCUT2D eigenvalue weighted by Gasteiger charge is 2.29. The van der Waals surface area contributed by atoms with Crippen molar-refractivity contribution in [3.8, 4) is 0 Å². The first-order valence-electron chi connectivity index (χ1n) is 14.8. The molecule has 3 N–H and O–H groups in total. The van der Waals surface area contributed by atoms with Gasteiger partial charge in [0.2, 0.25) is 0 Å². The summed E-state index contributed by atoms with van der Waals surface area (Å²) in [6.07, 6.45) is 1.20. The van der Waals surface area contributed by atoms with Gasteiger partial charge >= 0.3 is 33.6 Å². The SMILES string of the molecule is CCCCCCC(=O)O[C@H](COC(=O)CCC)COP(=O)(O)OC[C@H](O)COP(=O)(O)OC[C@@H](COC(=O)CCC)OCC. The van der Waals surface area contributed by atoms with Crippen LogP contribution in [0.1, 0.15) is 85.5 Å². The number of unbranched alkanes of at least 4 members (excludes halogenated alkanes) is 3. The van der Waals surface area contributed by atoms with Crippen LogP contribution >= 0.6 is 15.6 Å². The van der Waals surface area contributed by atoms with Crippen molar-refractivity contribution in [2.24, 2.45) is 0 Å². The van der Waals surface area contributed by atoms with E-state index in [1.807, 2.05) is 6.92 Å². The van der Waals surface area contributed by atoms with Crippen LogP contribution in [0, 0.1) is 0 Å².